The van der Waals surface area contributed by atoms with Gasteiger partial charge in [-0.05, 0) is 37.7 Å². The molecule has 4 rings (SSSR count). The lowest BCUT2D eigenvalue weighted by Gasteiger charge is -2.32. The zero-order valence-corrected chi connectivity index (χ0v) is 16.7. The lowest BCUT2D eigenvalue weighted by atomic mass is 9.78. The van der Waals surface area contributed by atoms with Crippen LogP contribution in [0.3, 0.4) is 0 Å². The van der Waals surface area contributed by atoms with Crippen LogP contribution in [0.15, 0.2) is 36.4 Å². The van der Waals surface area contributed by atoms with Gasteiger partial charge in [-0.1, -0.05) is 37.3 Å². The summed E-state index contributed by atoms with van der Waals surface area (Å²) in [6.45, 7) is 2.21. The third-order valence-electron chi connectivity index (χ3n) is 5.23. The van der Waals surface area contributed by atoms with E-state index in [0.29, 0.717) is 17.9 Å². The number of nitrogens with zero attached hydrogens (tertiary/aromatic N) is 2. The Morgan fingerprint density at radius 1 is 1.08 bits per heavy atom. The van der Waals surface area contributed by atoms with Crippen LogP contribution in [-0.4, -0.2) is 16.0 Å². The number of hydrogen-bond acceptors (Lipinski definition) is 4. The minimum absolute atomic E-state index is 0. The summed E-state index contributed by atoms with van der Waals surface area (Å²) in [5.41, 5.74) is 8.46. The van der Waals surface area contributed by atoms with E-state index in [-0.39, 0.29) is 30.9 Å². The summed E-state index contributed by atoms with van der Waals surface area (Å²) in [6.07, 6.45) is 5.58. The van der Waals surface area contributed by atoms with E-state index >= 15 is 0 Å². The molecule has 1 aromatic heterocycles. The Balaban J connectivity index is 0.00000121. The first-order chi connectivity index (χ1) is 11.7. The molecular weight excluding hydrogens is 367 g/mol. The molecule has 0 aliphatic heterocycles. The molecule has 6 heteroatoms. The molecule has 142 valence electrons. The molecule has 1 aromatic carbocycles. The van der Waals surface area contributed by atoms with Gasteiger partial charge in [0.05, 0.1) is 6.04 Å². The SMILES string of the molecule is CC[C@H](Nc1cc(C2CC(N)C2)nc(C2CC2)n1)c1ccccc1.Cl.Cl. The van der Waals surface area contributed by atoms with Crippen LogP contribution in [0.25, 0.3) is 0 Å². The van der Waals surface area contributed by atoms with E-state index in [4.69, 9.17) is 15.7 Å². The van der Waals surface area contributed by atoms with Crippen molar-refractivity contribution < 1.29 is 0 Å². The summed E-state index contributed by atoms with van der Waals surface area (Å²) in [6, 6.07) is 13.4. The van der Waals surface area contributed by atoms with Crippen LogP contribution in [0.1, 0.15) is 74.0 Å². The zero-order chi connectivity index (χ0) is 16.5. The van der Waals surface area contributed by atoms with E-state index in [2.05, 4.69) is 48.6 Å². The second-order valence-electron chi connectivity index (χ2n) is 7.25. The Morgan fingerprint density at radius 2 is 1.77 bits per heavy atom. The minimum atomic E-state index is 0. The quantitative estimate of drug-likeness (QED) is 0.725. The van der Waals surface area contributed by atoms with Crippen LogP contribution in [-0.2, 0) is 0 Å². The standard InChI is InChI=1S/C20H26N4.2ClH/c1-2-17(13-6-4-3-5-7-13)22-19-12-18(15-10-16(21)11-15)23-20(24-19)14-8-9-14;;/h3-7,12,14-17H,2,8-11,21H2,1H3,(H,22,23,24);2*1H/t15?,16?,17-;;/m0../s1. The van der Waals surface area contributed by atoms with Crippen molar-refractivity contribution in [2.45, 2.75) is 62.9 Å². The second-order valence-corrected chi connectivity index (χ2v) is 7.25. The first kappa shape index (κ1) is 20.9. The molecule has 2 aliphatic rings. The van der Waals surface area contributed by atoms with Crippen molar-refractivity contribution >= 4 is 30.6 Å². The highest BCUT2D eigenvalue weighted by molar-refractivity contribution is 5.85. The zero-order valence-electron chi connectivity index (χ0n) is 15.1. The number of halogens is 2. The summed E-state index contributed by atoms with van der Waals surface area (Å²) < 4.78 is 0. The molecule has 2 saturated carbocycles. The molecule has 0 unspecified atom stereocenters. The molecule has 4 nitrogen and oxygen atoms in total. The molecule has 2 aliphatic carbocycles. The first-order valence-electron chi connectivity index (χ1n) is 9.19. The highest BCUT2D eigenvalue weighted by Gasteiger charge is 2.32. The van der Waals surface area contributed by atoms with Gasteiger partial charge in [-0.2, -0.15) is 0 Å². The topological polar surface area (TPSA) is 63.8 Å². The predicted octanol–water partition coefficient (Wildman–Crippen LogP) is 4.97. The van der Waals surface area contributed by atoms with Crippen molar-refractivity contribution in [2.75, 3.05) is 5.32 Å². The largest absolute Gasteiger partial charge is 0.363 e. The fraction of sp³-hybridized carbons (Fsp3) is 0.500. The van der Waals surface area contributed by atoms with E-state index < -0.39 is 0 Å². The molecule has 0 radical (unpaired) electrons. The normalized spacial score (nSPS) is 22.4. The van der Waals surface area contributed by atoms with Crippen molar-refractivity contribution in [3.63, 3.8) is 0 Å². The van der Waals surface area contributed by atoms with Crippen molar-refractivity contribution in [3.8, 4) is 0 Å². The minimum Gasteiger partial charge on any atom is -0.363 e. The van der Waals surface area contributed by atoms with E-state index in [1.54, 1.807) is 0 Å². The summed E-state index contributed by atoms with van der Waals surface area (Å²) in [5, 5.41) is 3.64. The van der Waals surface area contributed by atoms with Gasteiger partial charge < -0.3 is 11.1 Å². The highest BCUT2D eigenvalue weighted by atomic mass is 35.5. The van der Waals surface area contributed by atoms with Crippen LogP contribution in [0.2, 0.25) is 0 Å². The Kier molecular flexibility index (Phi) is 7.27. The molecule has 0 amide bonds. The van der Waals surface area contributed by atoms with Crippen LogP contribution in [0, 0.1) is 0 Å². The Hall–Kier alpha value is -1.36. The number of benzene rings is 1. The van der Waals surface area contributed by atoms with Crippen LogP contribution >= 0.6 is 24.8 Å². The molecule has 2 fully saturated rings. The summed E-state index contributed by atoms with van der Waals surface area (Å²) in [4.78, 5) is 9.67. The van der Waals surface area contributed by atoms with Gasteiger partial charge in [0.15, 0.2) is 0 Å². The number of nitrogens with two attached hydrogens (primary N) is 1. The fourth-order valence-corrected chi connectivity index (χ4v) is 3.48. The predicted molar refractivity (Wildman–Crippen MR) is 112 cm³/mol. The Morgan fingerprint density at radius 3 is 2.35 bits per heavy atom. The maximum atomic E-state index is 5.97. The number of nitrogens with one attached hydrogen (secondary N) is 1. The van der Waals surface area contributed by atoms with Crippen molar-refractivity contribution in [1.29, 1.82) is 0 Å². The van der Waals surface area contributed by atoms with Gasteiger partial charge in [-0.25, -0.2) is 9.97 Å². The average molecular weight is 395 g/mol. The first-order valence-corrected chi connectivity index (χ1v) is 9.19. The number of rotatable bonds is 6. The highest BCUT2D eigenvalue weighted by Crippen LogP contribution is 2.41. The van der Waals surface area contributed by atoms with E-state index in [1.807, 2.05) is 0 Å². The maximum Gasteiger partial charge on any atom is 0.134 e. The van der Waals surface area contributed by atoms with Gasteiger partial charge in [-0.3, -0.25) is 0 Å². The molecule has 1 heterocycles. The Bertz CT molecular complexity index is 700. The van der Waals surface area contributed by atoms with Gasteiger partial charge in [0, 0.05) is 29.6 Å². The van der Waals surface area contributed by atoms with Gasteiger partial charge in [0.25, 0.3) is 0 Å². The van der Waals surface area contributed by atoms with E-state index in [9.17, 15) is 0 Å². The molecule has 26 heavy (non-hydrogen) atoms. The molecule has 3 N–H and O–H groups in total. The maximum absolute atomic E-state index is 5.97. The third-order valence-corrected chi connectivity index (χ3v) is 5.23. The fourth-order valence-electron chi connectivity index (χ4n) is 3.48. The smallest absolute Gasteiger partial charge is 0.134 e. The lowest BCUT2D eigenvalue weighted by molar-refractivity contribution is 0.344. The van der Waals surface area contributed by atoms with Gasteiger partial charge in [0.1, 0.15) is 11.6 Å². The molecule has 1 atom stereocenters. The van der Waals surface area contributed by atoms with Crippen LogP contribution < -0.4 is 11.1 Å². The Labute approximate surface area is 168 Å². The van der Waals surface area contributed by atoms with Crippen LogP contribution in [0.4, 0.5) is 5.82 Å². The number of anilines is 1. The molecule has 0 bridgehead atoms. The van der Waals surface area contributed by atoms with Gasteiger partial charge in [0.2, 0.25) is 0 Å². The monoisotopic (exact) mass is 394 g/mol. The summed E-state index contributed by atoms with van der Waals surface area (Å²) in [7, 11) is 0. The number of aromatic nitrogens is 2. The molecular formula is C20H28Cl2N4. The third kappa shape index (κ3) is 4.67. The van der Waals surface area contributed by atoms with E-state index in [1.165, 1.54) is 24.1 Å². The van der Waals surface area contributed by atoms with Crippen molar-refractivity contribution in [1.82, 2.24) is 9.97 Å². The summed E-state index contributed by atoms with van der Waals surface area (Å²) in [5.74, 6) is 3.07. The summed E-state index contributed by atoms with van der Waals surface area (Å²) >= 11 is 0. The molecule has 0 saturated heterocycles. The van der Waals surface area contributed by atoms with E-state index in [0.717, 1.165) is 30.9 Å². The van der Waals surface area contributed by atoms with Gasteiger partial charge in [-0.15, -0.1) is 24.8 Å². The molecule has 2 aromatic rings. The second kappa shape index (κ2) is 9.03. The molecule has 0 spiro atoms. The number of hydrogen-bond donors (Lipinski definition) is 2. The van der Waals surface area contributed by atoms with Gasteiger partial charge >= 0.3 is 0 Å². The van der Waals surface area contributed by atoms with Crippen molar-refractivity contribution in [3.05, 3.63) is 53.5 Å². The van der Waals surface area contributed by atoms with Crippen LogP contribution in [0.5, 0.6) is 0 Å². The average Bonchev–Trinajstić information content (AvgIpc) is 3.42. The van der Waals surface area contributed by atoms with Crippen molar-refractivity contribution in [2.24, 2.45) is 5.73 Å². The lowest BCUT2D eigenvalue weighted by Crippen LogP contribution is -2.35.